The lowest BCUT2D eigenvalue weighted by Crippen LogP contribution is -2.10. The minimum absolute atomic E-state index is 0.151. The van der Waals surface area contributed by atoms with Gasteiger partial charge >= 0.3 is 5.97 Å². The lowest BCUT2D eigenvalue weighted by atomic mass is 10.2. The lowest BCUT2D eigenvalue weighted by Gasteiger charge is -2.10. The lowest BCUT2D eigenvalue weighted by molar-refractivity contribution is 0.0691. The second kappa shape index (κ2) is 6.69. The summed E-state index contributed by atoms with van der Waals surface area (Å²) < 4.78 is 8.18. The van der Waals surface area contributed by atoms with Crippen LogP contribution in [0.1, 0.15) is 29.5 Å². The quantitative estimate of drug-likeness (QED) is 0.772. The Bertz CT molecular complexity index is 613. The van der Waals surface area contributed by atoms with E-state index in [2.05, 4.69) is 32.7 Å². The average molecular weight is 387 g/mol. The molecule has 0 saturated heterocycles. The number of hydrogen-bond donors (Lipinski definition) is 1. The van der Waals surface area contributed by atoms with Crippen LogP contribution >= 0.6 is 22.6 Å². The fourth-order valence-corrected chi connectivity index (χ4v) is 2.23. The van der Waals surface area contributed by atoms with E-state index in [1.54, 1.807) is 22.9 Å². The van der Waals surface area contributed by atoms with E-state index in [0.29, 0.717) is 11.6 Å². The maximum Gasteiger partial charge on any atom is 0.339 e. The van der Waals surface area contributed by atoms with Crippen LogP contribution in [0.25, 0.3) is 0 Å². The summed E-state index contributed by atoms with van der Waals surface area (Å²) in [6, 6.07) is 5.04. The first-order valence-corrected chi connectivity index (χ1v) is 7.22. The van der Waals surface area contributed by atoms with Gasteiger partial charge in [-0.25, -0.2) is 14.5 Å². The summed E-state index contributed by atoms with van der Waals surface area (Å²) in [5, 5.41) is 13.3. The van der Waals surface area contributed by atoms with Crippen LogP contribution in [-0.4, -0.2) is 25.8 Å². The summed E-state index contributed by atoms with van der Waals surface area (Å²) in [5.41, 5.74) is 0.151. The number of aromatic nitrogens is 3. The molecule has 7 heteroatoms. The monoisotopic (exact) mass is 387 g/mol. The topological polar surface area (TPSA) is 77.2 Å². The molecule has 0 aliphatic rings. The highest BCUT2D eigenvalue weighted by Gasteiger charge is 2.13. The molecule has 0 aliphatic heterocycles. The number of nitrogens with zero attached hydrogens (tertiary/aromatic N) is 3. The molecule has 0 atom stereocenters. The predicted molar refractivity (Wildman–Crippen MR) is 80.8 cm³/mol. The zero-order valence-corrected chi connectivity index (χ0v) is 13.1. The highest BCUT2D eigenvalue weighted by Crippen LogP contribution is 2.22. The summed E-state index contributed by atoms with van der Waals surface area (Å²) in [4.78, 5) is 15.3. The van der Waals surface area contributed by atoms with E-state index in [-0.39, 0.29) is 12.2 Å². The van der Waals surface area contributed by atoms with E-state index >= 15 is 0 Å². The molecular weight excluding hydrogens is 373 g/mol. The highest BCUT2D eigenvalue weighted by molar-refractivity contribution is 14.1. The number of benzene rings is 1. The molecule has 0 fully saturated rings. The first-order chi connectivity index (χ1) is 9.61. The van der Waals surface area contributed by atoms with E-state index < -0.39 is 5.97 Å². The number of carboxylic acids is 1. The Morgan fingerprint density at radius 1 is 1.50 bits per heavy atom. The number of ether oxygens (including phenoxy) is 1. The Kier molecular flexibility index (Phi) is 4.94. The Labute approximate surface area is 129 Å². The standard InChI is InChI=1S/C13H14IN3O3/c1-2-5-17-12(15-8-16-17)7-20-11-4-3-9(14)6-10(11)13(18)19/h3-4,6,8H,2,5,7H2,1H3,(H,18,19). The SMILES string of the molecule is CCCn1ncnc1COc1ccc(I)cc1C(=O)O. The molecule has 1 N–H and O–H groups in total. The molecule has 0 bridgehead atoms. The van der Waals surface area contributed by atoms with Gasteiger partial charge in [0.1, 0.15) is 24.2 Å². The minimum atomic E-state index is -1.01. The van der Waals surface area contributed by atoms with E-state index in [0.717, 1.165) is 16.5 Å². The Morgan fingerprint density at radius 3 is 3.00 bits per heavy atom. The van der Waals surface area contributed by atoms with Gasteiger partial charge < -0.3 is 9.84 Å². The van der Waals surface area contributed by atoms with Crippen LogP contribution in [0.15, 0.2) is 24.5 Å². The van der Waals surface area contributed by atoms with Gasteiger partial charge in [0.05, 0.1) is 0 Å². The molecule has 6 nitrogen and oxygen atoms in total. The van der Waals surface area contributed by atoms with Gasteiger partial charge in [0.25, 0.3) is 0 Å². The summed E-state index contributed by atoms with van der Waals surface area (Å²) in [6.45, 7) is 3.01. The van der Waals surface area contributed by atoms with Crippen molar-refractivity contribution in [2.45, 2.75) is 26.5 Å². The van der Waals surface area contributed by atoms with Gasteiger partial charge in [0.15, 0.2) is 5.82 Å². The van der Waals surface area contributed by atoms with E-state index in [1.807, 2.05) is 6.92 Å². The molecule has 0 saturated carbocycles. The molecule has 0 unspecified atom stereocenters. The van der Waals surface area contributed by atoms with Crippen LogP contribution < -0.4 is 4.74 Å². The van der Waals surface area contributed by atoms with Crippen molar-refractivity contribution in [1.29, 1.82) is 0 Å². The molecule has 1 aromatic carbocycles. The van der Waals surface area contributed by atoms with Crippen LogP contribution in [0.5, 0.6) is 5.75 Å². The summed E-state index contributed by atoms with van der Waals surface area (Å²) >= 11 is 2.07. The summed E-state index contributed by atoms with van der Waals surface area (Å²) in [6.07, 6.45) is 2.42. The number of halogens is 1. The third kappa shape index (κ3) is 3.47. The summed E-state index contributed by atoms with van der Waals surface area (Å²) in [7, 11) is 0. The van der Waals surface area contributed by atoms with Gasteiger partial charge in [-0.2, -0.15) is 5.10 Å². The van der Waals surface area contributed by atoms with Crippen molar-refractivity contribution in [3.8, 4) is 5.75 Å². The maximum absolute atomic E-state index is 11.2. The van der Waals surface area contributed by atoms with Crippen LogP contribution in [0.2, 0.25) is 0 Å². The molecule has 0 radical (unpaired) electrons. The summed E-state index contributed by atoms with van der Waals surface area (Å²) in [5.74, 6) is 0.0132. The van der Waals surface area contributed by atoms with Crippen molar-refractivity contribution in [2.75, 3.05) is 0 Å². The Morgan fingerprint density at radius 2 is 2.30 bits per heavy atom. The average Bonchev–Trinajstić information content (AvgIpc) is 2.85. The fraction of sp³-hybridized carbons (Fsp3) is 0.308. The Balaban J connectivity index is 2.14. The smallest absolute Gasteiger partial charge is 0.339 e. The molecule has 1 heterocycles. The van der Waals surface area contributed by atoms with Crippen molar-refractivity contribution in [3.63, 3.8) is 0 Å². The number of rotatable bonds is 6. The van der Waals surface area contributed by atoms with Gasteiger partial charge in [-0.05, 0) is 47.2 Å². The number of aryl methyl sites for hydroxylation is 1. The van der Waals surface area contributed by atoms with Gasteiger partial charge in [0.2, 0.25) is 0 Å². The van der Waals surface area contributed by atoms with E-state index in [1.165, 1.54) is 6.33 Å². The normalized spacial score (nSPS) is 10.5. The zero-order valence-electron chi connectivity index (χ0n) is 10.9. The van der Waals surface area contributed by atoms with Crippen LogP contribution in [-0.2, 0) is 13.2 Å². The predicted octanol–water partition coefficient (Wildman–Crippen LogP) is 2.57. The number of carboxylic acid groups (broad SMARTS) is 1. The van der Waals surface area contributed by atoms with Gasteiger partial charge in [-0.3, -0.25) is 0 Å². The van der Waals surface area contributed by atoms with E-state index in [9.17, 15) is 4.79 Å². The zero-order chi connectivity index (χ0) is 14.5. The van der Waals surface area contributed by atoms with Crippen molar-refractivity contribution in [3.05, 3.63) is 39.5 Å². The number of hydrogen-bond acceptors (Lipinski definition) is 4. The van der Waals surface area contributed by atoms with E-state index in [4.69, 9.17) is 9.84 Å². The molecule has 0 amide bonds. The third-order valence-electron chi connectivity index (χ3n) is 2.66. The fourth-order valence-electron chi connectivity index (χ4n) is 1.74. The largest absolute Gasteiger partial charge is 0.485 e. The molecular formula is C13H14IN3O3. The van der Waals surface area contributed by atoms with Crippen molar-refractivity contribution < 1.29 is 14.6 Å². The molecule has 2 rings (SSSR count). The van der Waals surface area contributed by atoms with Gasteiger partial charge in [0, 0.05) is 10.1 Å². The molecule has 2 aromatic rings. The molecule has 0 aliphatic carbocycles. The van der Waals surface area contributed by atoms with Crippen molar-refractivity contribution in [2.24, 2.45) is 0 Å². The van der Waals surface area contributed by atoms with Crippen LogP contribution in [0.4, 0.5) is 0 Å². The number of carbonyl (C=O) groups is 1. The second-order valence-electron chi connectivity index (χ2n) is 4.13. The second-order valence-corrected chi connectivity index (χ2v) is 5.38. The Hall–Kier alpha value is -1.64. The van der Waals surface area contributed by atoms with Crippen LogP contribution in [0, 0.1) is 3.57 Å². The maximum atomic E-state index is 11.2. The third-order valence-corrected chi connectivity index (χ3v) is 3.33. The minimum Gasteiger partial charge on any atom is -0.485 e. The first kappa shape index (κ1) is 14.8. The number of aromatic carboxylic acids is 1. The van der Waals surface area contributed by atoms with Gasteiger partial charge in [-0.15, -0.1) is 0 Å². The first-order valence-electron chi connectivity index (χ1n) is 6.14. The van der Waals surface area contributed by atoms with Crippen LogP contribution in [0.3, 0.4) is 0 Å². The van der Waals surface area contributed by atoms with Gasteiger partial charge in [-0.1, -0.05) is 6.92 Å². The highest BCUT2D eigenvalue weighted by atomic mass is 127. The van der Waals surface area contributed by atoms with Crippen molar-refractivity contribution in [1.82, 2.24) is 14.8 Å². The molecule has 1 aromatic heterocycles. The molecule has 0 spiro atoms. The molecule has 20 heavy (non-hydrogen) atoms. The van der Waals surface area contributed by atoms with Crippen molar-refractivity contribution >= 4 is 28.6 Å². The molecule has 106 valence electrons.